The van der Waals surface area contributed by atoms with Gasteiger partial charge >= 0.3 is 0 Å². The van der Waals surface area contributed by atoms with Crippen LogP contribution in [0.2, 0.25) is 0 Å². The number of aryl methyl sites for hydroxylation is 1. The van der Waals surface area contributed by atoms with Crippen LogP contribution in [0.15, 0.2) is 65.7 Å². The second-order valence-corrected chi connectivity index (χ2v) is 7.95. The third-order valence-corrected chi connectivity index (χ3v) is 5.51. The monoisotopic (exact) mass is 401 g/mol. The lowest BCUT2D eigenvalue weighted by Crippen LogP contribution is -2.23. The Labute approximate surface area is 165 Å². The van der Waals surface area contributed by atoms with E-state index in [0.717, 1.165) is 11.3 Å². The van der Waals surface area contributed by atoms with Crippen LogP contribution in [0.3, 0.4) is 0 Å². The van der Waals surface area contributed by atoms with Crippen molar-refractivity contribution < 1.29 is 17.9 Å². The lowest BCUT2D eigenvalue weighted by Gasteiger charge is -2.11. The van der Waals surface area contributed by atoms with Crippen molar-refractivity contribution in [2.75, 3.05) is 20.3 Å². The summed E-state index contributed by atoms with van der Waals surface area (Å²) in [4.78, 5) is 0.187. The molecule has 3 rings (SSSR count). The van der Waals surface area contributed by atoms with Crippen LogP contribution in [-0.2, 0) is 21.3 Å². The summed E-state index contributed by atoms with van der Waals surface area (Å²) in [5, 5.41) is 4.41. The molecule has 0 unspecified atom stereocenters. The lowest BCUT2D eigenvalue weighted by molar-refractivity contribution is 0.146. The van der Waals surface area contributed by atoms with E-state index in [1.807, 2.05) is 37.3 Å². The smallest absolute Gasteiger partial charge is 0.240 e. The quantitative estimate of drug-likeness (QED) is 0.558. The van der Waals surface area contributed by atoms with E-state index in [0.29, 0.717) is 24.7 Å². The number of ether oxygens (including phenoxy) is 2. The zero-order valence-corrected chi connectivity index (χ0v) is 16.6. The average molecular weight is 401 g/mol. The summed E-state index contributed by atoms with van der Waals surface area (Å²) in [5.41, 5.74) is 2.28. The van der Waals surface area contributed by atoms with Crippen LogP contribution in [0.4, 0.5) is 0 Å². The first-order valence-corrected chi connectivity index (χ1v) is 10.3. The van der Waals surface area contributed by atoms with Crippen molar-refractivity contribution in [3.05, 3.63) is 72.1 Å². The Morgan fingerprint density at radius 3 is 2.57 bits per heavy atom. The number of hydrogen-bond donors (Lipinski definition) is 1. The Morgan fingerprint density at radius 1 is 1.07 bits per heavy atom. The van der Waals surface area contributed by atoms with Crippen LogP contribution in [0.1, 0.15) is 11.3 Å². The van der Waals surface area contributed by atoms with Crippen molar-refractivity contribution in [3.8, 4) is 11.4 Å². The summed E-state index contributed by atoms with van der Waals surface area (Å²) in [6.07, 6.45) is 1.80. The number of nitrogens with one attached hydrogen (secondary N) is 1. The molecule has 0 aliphatic carbocycles. The molecule has 0 amide bonds. The van der Waals surface area contributed by atoms with Gasteiger partial charge in [-0.25, -0.2) is 17.8 Å². The van der Waals surface area contributed by atoms with E-state index in [-0.39, 0.29) is 11.4 Å². The van der Waals surface area contributed by atoms with Gasteiger partial charge in [-0.15, -0.1) is 0 Å². The molecule has 0 atom stereocenters. The standard InChI is InChI=1S/C20H23N3O4S/c1-16-14-19(8-9-20(16)27-13-12-26-2)28(24,25)21-15-17-10-11-23(22-17)18-6-4-3-5-7-18/h3-11,14,21H,12-13,15H2,1-2H3. The Hall–Kier alpha value is -2.68. The number of hydrogen-bond acceptors (Lipinski definition) is 5. The molecule has 1 aromatic heterocycles. The predicted molar refractivity (Wildman–Crippen MR) is 106 cm³/mol. The van der Waals surface area contributed by atoms with E-state index in [4.69, 9.17) is 9.47 Å². The number of sulfonamides is 1. The van der Waals surface area contributed by atoms with Gasteiger partial charge in [0.2, 0.25) is 10.0 Å². The molecule has 0 aliphatic heterocycles. The molecule has 3 aromatic rings. The number of benzene rings is 2. The van der Waals surface area contributed by atoms with Gasteiger partial charge in [-0.05, 0) is 48.9 Å². The Morgan fingerprint density at radius 2 is 1.86 bits per heavy atom. The molecule has 0 radical (unpaired) electrons. The number of rotatable bonds is 9. The first-order valence-electron chi connectivity index (χ1n) is 8.81. The molecule has 148 valence electrons. The van der Waals surface area contributed by atoms with Crippen LogP contribution in [0.5, 0.6) is 5.75 Å². The highest BCUT2D eigenvalue weighted by Gasteiger charge is 2.16. The third-order valence-electron chi connectivity index (χ3n) is 4.11. The minimum absolute atomic E-state index is 0.104. The van der Waals surface area contributed by atoms with Crippen molar-refractivity contribution in [2.24, 2.45) is 0 Å². The molecule has 8 heteroatoms. The maximum atomic E-state index is 12.6. The van der Waals surface area contributed by atoms with E-state index >= 15 is 0 Å². The first kappa shape index (κ1) is 20.1. The predicted octanol–water partition coefficient (Wildman–Crippen LogP) is 2.68. The van der Waals surface area contributed by atoms with E-state index in [2.05, 4.69) is 9.82 Å². The van der Waals surface area contributed by atoms with Crippen LogP contribution in [0.25, 0.3) is 5.69 Å². The third kappa shape index (κ3) is 4.98. The summed E-state index contributed by atoms with van der Waals surface area (Å²) < 4.78 is 40.0. The first-order chi connectivity index (χ1) is 13.5. The SMILES string of the molecule is COCCOc1ccc(S(=O)(=O)NCc2ccn(-c3ccccc3)n2)cc1C. The lowest BCUT2D eigenvalue weighted by atomic mass is 10.2. The number of para-hydroxylation sites is 1. The van der Waals surface area contributed by atoms with Crippen LogP contribution >= 0.6 is 0 Å². The molecule has 0 spiro atoms. The van der Waals surface area contributed by atoms with Crippen molar-refractivity contribution in [1.82, 2.24) is 14.5 Å². The van der Waals surface area contributed by atoms with Gasteiger partial charge in [0.05, 0.1) is 29.4 Å². The Bertz CT molecular complexity index is 1020. The van der Waals surface area contributed by atoms with Gasteiger partial charge < -0.3 is 9.47 Å². The van der Waals surface area contributed by atoms with Crippen LogP contribution < -0.4 is 9.46 Å². The molecule has 1 N–H and O–H groups in total. The number of aromatic nitrogens is 2. The number of methoxy groups -OCH3 is 1. The highest BCUT2D eigenvalue weighted by Crippen LogP contribution is 2.22. The maximum absolute atomic E-state index is 12.6. The van der Waals surface area contributed by atoms with E-state index in [9.17, 15) is 8.42 Å². The maximum Gasteiger partial charge on any atom is 0.240 e. The van der Waals surface area contributed by atoms with Crippen molar-refractivity contribution in [3.63, 3.8) is 0 Å². The van der Waals surface area contributed by atoms with Gasteiger partial charge in [-0.3, -0.25) is 0 Å². The second kappa shape index (κ2) is 9.01. The Balaban J connectivity index is 1.66. The van der Waals surface area contributed by atoms with E-state index in [1.54, 1.807) is 36.2 Å². The molecule has 28 heavy (non-hydrogen) atoms. The molecule has 0 fully saturated rings. The van der Waals surface area contributed by atoms with Crippen LogP contribution in [0, 0.1) is 6.92 Å². The second-order valence-electron chi connectivity index (χ2n) is 6.18. The molecule has 7 nitrogen and oxygen atoms in total. The number of nitrogens with zero attached hydrogens (tertiary/aromatic N) is 2. The summed E-state index contributed by atoms with van der Waals surface area (Å²) in [7, 11) is -2.06. The highest BCUT2D eigenvalue weighted by atomic mass is 32.2. The molecule has 1 heterocycles. The fourth-order valence-corrected chi connectivity index (χ4v) is 3.70. The van der Waals surface area contributed by atoms with Crippen LogP contribution in [-0.4, -0.2) is 38.5 Å². The van der Waals surface area contributed by atoms with Crippen molar-refractivity contribution in [2.45, 2.75) is 18.4 Å². The molecule has 0 saturated heterocycles. The average Bonchev–Trinajstić information content (AvgIpc) is 3.18. The van der Waals surface area contributed by atoms with Gasteiger partial charge in [0.15, 0.2) is 0 Å². The highest BCUT2D eigenvalue weighted by molar-refractivity contribution is 7.89. The minimum atomic E-state index is -3.66. The zero-order valence-electron chi connectivity index (χ0n) is 15.8. The Kier molecular flexibility index (Phi) is 6.45. The van der Waals surface area contributed by atoms with Crippen molar-refractivity contribution >= 4 is 10.0 Å². The van der Waals surface area contributed by atoms with Gasteiger partial charge in [-0.1, -0.05) is 18.2 Å². The molecule has 2 aromatic carbocycles. The topological polar surface area (TPSA) is 82.5 Å². The molecule has 0 aliphatic rings. The van der Waals surface area contributed by atoms with E-state index < -0.39 is 10.0 Å². The molecule has 0 bridgehead atoms. The fourth-order valence-electron chi connectivity index (χ4n) is 2.62. The molecular weight excluding hydrogens is 378 g/mol. The van der Waals surface area contributed by atoms with Gasteiger partial charge in [0.1, 0.15) is 12.4 Å². The van der Waals surface area contributed by atoms with Gasteiger partial charge in [-0.2, -0.15) is 5.10 Å². The summed E-state index contributed by atoms with van der Waals surface area (Å²) in [6, 6.07) is 16.2. The normalized spacial score (nSPS) is 11.5. The summed E-state index contributed by atoms with van der Waals surface area (Å²) >= 11 is 0. The fraction of sp³-hybridized carbons (Fsp3) is 0.250. The minimum Gasteiger partial charge on any atom is -0.491 e. The molecular formula is C20H23N3O4S. The summed E-state index contributed by atoms with van der Waals surface area (Å²) in [6.45, 7) is 2.79. The summed E-state index contributed by atoms with van der Waals surface area (Å²) in [5.74, 6) is 0.637. The van der Waals surface area contributed by atoms with Gasteiger partial charge in [0.25, 0.3) is 0 Å². The van der Waals surface area contributed by atoms with Gasteiger partial charge in [0, 0.05) is 13.3 Å². The van der Waals surface area contributed by atoms with E-state index in [1.165, 1.54) is 6.07 Å². The zero-order chi connectivity index (χ0) is 20.0. The van der Waals surface area contributed by atoms with Crippen molar-refractivity contribution in [1.29, 1.82) is 0 Å². The largest absolute Gasteiger partial charge is 0.491 e. The molecule has 0 saturated carbocycles.